The molecule has 27 heteroatoms. The summed E-state index contributed by atoms with van der Waals surface area (Å²) < 4.78 is 5.87. The number of hydrogen-bond donors (Lipinski definition) is 13. The first kappa shape index (κ1) is 61.3. The molecule has 2 saturated heterocycles. The number of phenols is 1. The fraction of sp³-hybridized carbons (Fsp3) is 0.609. The van der Waals surface area contributed by atoms with Crippen molar-refractivity contribution in [1.82, 2.24) is 42.1 Å². The second-order valence-electron chi connectivity index (χ2n) is 18.4. The van der Waals surface area contributed by atoms with E-state index in [2.05, 4.69) is 43.8 Å². The van der Waals surface area contributed by atoms with Crippen molar-refractivity contribution in [3.8, 4) is 5.75 Å². The van der Waals surface area contributed by atoms with Gasteiger partial charge in [-0.3, -0.25) is 53.3 Å². The maximum atomic E-state index is 14.9. The molecular weight excluding hydrogens is 993 g/mol. The van der Waals surface area contributed by atoms with E-state index in [1.54, 1.807) is 39.8 Å². The number of aliphatic hydroxyl groups excluding tert-OH is 1. The molecule has 10 amide bonds. The number of carbonyl (C=O) groups excluding carboxylic acids is 10. The second-order valence-corrected chi connectivity index (χ2v) is 20.9. The molecule has 2 fully saturated rings. The van der Waals surface area contributed by atoms with Crippen molar-refractivity contribution in [2.24, 2.45) is 34.8 Å². The Kier molecular flexibility index (Phi) is 25.4. The molecule has 3 rings (SSSR count). The summed E-state index contributed by atoms with van der Waals surface area (Å²) in [6.07, 6.45) is -2.33. The van der Waals surface area contributed by atoms with Gasteiger partial charge in [0.05, 0.1) is 43.8 Å². The number of aliphatic hydroxyl groups is 1. The smallest absolute Gasteiger partial charge is 0.246 e. The Balaban J connectivity index is 2.12. The normalized spacial score (nSPS) is 25.7. The van der Waals surface area contributed by atoms with Gasteiger partial charge in [-0.15, -0.1) is 6.58 Å². The molecule has 2 aliphatic heterocycles. The number of nitrogens with two attached hydrogens (primary N) is 4. The molecule has 1 aromatic rings. The van der Waals surface area contributed by atoms with Crippen LogP contribution in [-0.2, 0) is 59.1 Å². The van der Waals surface area contributed by atoms with Crippen molar-refractivity contribution < 1.29 is 62.9 Å². The summed E-state index contributed by atoms with van der Waals surface area (Å²) in [7, 11) is 2.02. The first-order chi connectivity index (χ1) is 34.4. The van der Waals surface area contributed by atoms with E-state index in [0.29, 0.717) is 12.0 Å². The van der Waals surface area contributed by atoms with E-state index in [1.807, 2.05) is 0 Å². The Bertz CT molecular complexity index is 2120. The number of hydrogen-bond acceptors (Lipinski definition) is 17. The quantitative estimate of drug-likeness (QED) is 0.0443. The molecule has 73 heavy (non-hydrogen) atoms. The van der Waals surface area contributed by atoms with Crippen LogP contribution in [0.1, 0.15) is 71.8 Å². The summed E-state index contributed by atoms with van der Waals surface area (Å²) in [5.74, 6) is -9.47. The van der Waals surface area contributed by atoms with E-state index < -0.39 is 139 Å². The minimum atomic E-state index is -1.91. The monoisotopic (exact) mass is 1060 g/mol. The molecule has 1 unspecified atom stereocenters. The summed E-state index contributed by atoms with van der Waals surface area (Å²) in [5, 5.41) is 39.8. The van der Waals surface area contributed by atoms with Gasteiger partial charge in [0, 0.05) is 37.3 Å². The van der Waals surface area contributed by atoms with E-state index in [0.717, 1.165) is 21.6 Å². The minimum absolute atomic E-state index is 0.0389. The van der Waals surface area contributed by atoms with Gasteiger partial charge >= 0.3 is 0 Å². The molecule has 1 aromatic carbocycles. The lowest BCUT2D eigenvalue weighted by molar-refractivity contribution is -0.142. The topological polar surface area (TPSA) is 412 Å². The SMILES string of the molecule is C=CCO[C@H]1C[C@@H](C(=O)N[C@@H](CC(C)C)C(=O)NCC(N)=O)N(C(=O)[C@@H]2CSSC[C@H](N)C(=O)N[C@@H](Cc3ccc(O)cc3)C(=O)N[C@@H]([C@@H](C)CC)C(=O)N[C@@H](CCC(N)=O)C(O)N[C@@H](CC(N)=O)C(=O)N2)C1. The highest BCUT2D eigenvalue weighted by atomic mass is 33.1. The van der Waals surface area contributed by atoms with E-state index in [9.17, 15) is 58.2 Å². The van der Waals surface area contributed by atoms with E-state index in [-0.39, 0.29) is 68.4 Å². The molecule has 11 atom stereocenters. The van der Waals surface area contributed by atoms with Crippen LogP contribution in [0.15, 0.2) is 36.9 Å². The van der Waals surface area contributed by atoms with Crippen molar-refractivity contribution in [2.45, 2.75) is 133 Å². The summed E-state index contributed by atoms with van der Waals surface area (Å²) in [5.41, 5.74) is 23.1. The van der Waals surface area contributed by atoms with Gasteiger partial charge in [-0.2, -0.15) is 0 Å². The molecule has 2 aliphatic rings. The number of carbonyl (C=O) groups is 10. The maximum absolute atomic E-state index is 14.9. The molecule has 25 nitrogen and oxygen atoms in total. The number of rotatable bonds is 20. The van der Waals surface area contributed by atoms with Crippen molar-refractivity contribution in [3.05, 3.63) is 42.5 Å². The van der Waals surface area contributed by atoms with Gasteiger partial charge in [-0.25, -0.2) is 0 Å². The Morgan fingerprint density at radius 1 is 0.890 bits per heavy atom. The average Bonchev–Trinajstić information content (AvgIpc) is 3.76. The van der Waals surface area contributed by atoms with Gasteiger partial charge in [-0.05, 0) is 42.4 Å². The molecule has 0 radical (unpaired) electrons. The minimum Gasteiger partial charge on any atom is -0.508 e. The number of nitrogens with zero attached hydrogens (tertiary/aromatic N) is 1. The highest BCUT2D eigenvalue weighted by Gasteiger charge is 2.44. The molecule has 17 N–H and O–H groups in total. The van der Waals surface area contributed by atoms with Crippen molar-refractivity contribution >= 4 is 80.7 Å². The van der Waals surface area contributed by atoms with Crippen LogP contribution in [0.4, 0.5) is 0 Å². The third-order valence-corrected chi connectivity index (χ3v) is 14.3. The van der Waals surface area contributed by atoms with Crippen LogP contribution >= 0.6 is 21.6 Å². The first-order valence-electron chi connectivity index (χ1n) is 23.8. The number of primary amides is 3. The lowest BCUT2D eigenvalue weighted by Gasteiger charge is -2.33. The fourth-order valence-electron chi connectivity index (χ4n) is 7.78. The lowest BCUT2D eigenvalue weighted by Crippen LogP contribution is -2.62. The van der Waals surface area contributed by atoms with Crippen molar-refractivity contribution in [3.63, 3.8) is 0 Å². The third kappa shape index (κ3) is 20.4. The summed E-state index contributed by atoms with van der Waals surface area (Å²) >= 11 is 0. The summed E-state index contributed by atoms with van der Waals surface area (Å²) in [6.45, 7) is 10.1. The van der Waals surface area contributed by atoms with Crippen LogP contribution in [0.3, 0.4) is 0 Å². The van der Waals surface area contributed by atoms with Gasteiger partial charge in [0.15, 0.2) is 0 Å². The lowest BCUT2D eigenvalue weighted by atomic mass is 9.96. The standard InChI is InChI=1S/C46H72N12O13S2/c1-6-14-71-27-17-34(44(68)55-30(15-23(3)4)40(64)51-19-37(50)62)58(20-27)46(70)33-22-73-72-21-28(47)39(63)53-31(16-25-8-10-26(59)11-9-25)43(67)57-38(24(5)7-2)45(69)52-29(12-13-35(48)60)41(65)54-32(18-36(49)61)42(66)56-33/h6,8-11,23-24,27-34,38,41,54,59,65H,1,7,12-22,47H2,2-5H3,(H2,48,60)(H2,49,61)(H2,50,62)(H,51,64)(H,52,69)(H,53,63)(H,55,68)(H,56,66)(H,57,67)/t24-,27-,28-,29-,30-,31-,32-,33-,34-,38-,41?/m0/s1. The average molecular weight is 1070 g/mol. The maximum Gasteiger partial charge on any atom is 0.246 e. The second kappa shape index (κ2) is 30.3. The van der Waals surface area contributed by atoms with Crippen LogP contribution in [0.5, 0.6) is 5.75 Å². The molecule has 0 aromatic heterocycles. The highest BCUT2D eigenvalue weighted by Crippen LogP contribution is 2.27. The molecule has 0 saturated carbocycles. The number of likely N-dealkylation sites (tertiary alicyclic amines) is 1. The fourth-order valence-corrected chi connectivity index (χ4v) is 10.1. The zero-order chi connectivity index (χ0) is 54.5. The summed E-state index contributed by atoms with van der Waals surface area (Å²) in [4.78, 5) is 136. The number of aromatic hydroxyl groups is 1. The third-order valence-electron chi connectivity index (χ3n) is 11.9. The van der Waals surface area contributed by atoms with Crippen LogP contribution < -0.4 is 60.2 Å². The van der Waals surface area contributed by atoms with E-state index in [4.69, 9.17) is 27.7 Å². The molecule has 0 aliphatic carbocycles. The molecule has 0 bridgehead atoms. The van der Waals surface area contributed by atoms with Gasteiger partial charge in [-0.1, -0.05) is 73.9 Å². The highest BCUT2D eigenvalue weighted by molar-refractivity contribution is 8.76. The number of nitrogens with one attached hydrogen (secondary N) is 7. The van der Waals surface area contributed by atoms with Crippen LogP contribution in [0.2, 0.25) is 0 Å². The Labute approximate surface area is 431 Å². The number of phenolic OH excluding ortho intramolecular Hbond substituents is 1. The van der Waals surface area contributed by atoms with E-state index >= 15 is 0 Å². The van der Waals surface area contributed by atoms with Gasteiger partial charge in [0.25, 0.3) is 0 Å². The van der Waals surface area contributed by atoms with Crippen LogP contribution in [-0.4, -0.2) is 166 Å². The van der Waals surface area contributed by atoms with E-state index in [1.165, 1.54) is 23.1 Å². The number of ether oxygens (including phenoxy) is 1. The summed E-state index contributed by atoms with van der Waals surface area (Å²) in [6, 6.07) is -5.08. The molecule has 406 valence electrons. The molecule has 2 heterocycles. The van der Waals surface area contributed by atoms with Crippen LogP contribution in [0, 0.1) is 11.8 Å². The Morgan fingerprint density at radius 3 is 2.15 bits per heavy atom. The zero-order valence-electron chi connectivity index (χ0n) is 41.5. The molecule has 0 spiro atoms. The predicted octanol–water partition coefficient (Wildman–Crippen LogP) is -3.64. The number of amides is 10. The van der Waals surface area contributed by atoms with Gasteiger partial charge in [0.2, 0.25) is 59.1 Å². The van der Waals surface area contributed by atoms with Crippen LogP contribution in [0.25, 0.3) is 0 Å². The van der Waals surface area contributed by atoms with Gasteiger partial charge < -0.3 is 74.7 Å². The van der Waals surface area contributed by atoms with Crippen molar-refractivity contribution in [1.29, 1.82) is 0 Å². The number of benzene rings is 1. The first-order valence-corrected chi connectivity index (χ1v) is 26.3. The van der Waals surface area contributed by atoms with Gasteiger partial charge in [0.1, 0.15) is 42.2 Å². The Hall–Kier alpha value is -6.00. The molecular formula is C46H72N12O13S2. The van der Waals surface area contributed by atoms with Crippen molar-refractivity contribution in [2.75, 3.05) is 31.2 Å². The predicted molar refractivity (Wildman–Crippen MR) is 271 cm³/mol. The Morgan fingerprint density at radius 2 is 1.55 bits per heavy atom. The largest absolute Gasteiger partial charge is 0.508 e. The zero-order valence-corrected chi connectivity index (χ0v) is 43.1.